The summed E-state index contributed by atoms with van der Waals surface area (Å²) in [5, 5.41) is 3.52. The van der Waals surface area contributed by atoms with Gasteiger partial charge in [-0.25, -0.2) is 0 Å². The van der Waals surface area contributed by atoms with Crippen LogP contribution >= 0.6 is 11.6 Å². The number of halogens is 1. The zero-order valence-electron chi connectivity index (χ0n) is 12.7. The molecule has 22 heavy (non-hydrogen) atoms. The zero-order chi connectivity index (χ0) is 15.5. The molecular formula is C19H20ClNO. The largest absolute Gasteiger partial charge is 0.345 e. The quantitative estimate of drug-likeness (QED) is 0.873. The van der Waals surface area contributed by atoms with Gasteiger partial charge < -0.3 is 5.32 Å². The smallest absolute Gasteiger partial charge is 0.253 e. The van der Waals surface area contributed by atoms with Crippen LogP contribution in [0.25, 0.3) is 0 Å². The zero-order valence-corrected chi connectivity index (χ0v) is 13.5. The Morgan fingerprint density at radius 1 is 1.09 bits per heavy atom. The van der Waals surface area contributed by atoms with E-state index in [1.807, 2.05) is 19.1 Å². The van der Waals surface area contributed by atoms with Gasteiger partial charge >= 0.3 is 0 Å². The Bertz CT molecular complexity index is 696. The lowest BCUT2D eigenvalue weighted by Crippen LogP contribution is -2.27. The number of carbonyl (C=O) groups excluding carboxylic acids is 1. The van der Waals surface area contributed by atoms with Crippen molar-refractivity contribution in [1.29, 1.82) is 0 Å². The van der Waals surface area contributed by atoms with Gasteiger partial charge in [0.15, 0.2) is 0 Å². The molecule has 2 nitrogen and oxygen atoms in total. The average Bonchev–Trinajstić information content (AvgIpc) is 2.54. The highest BCUT2D eigenvalue weighted by Gasteiger charge is 2.16. The van der Waals surface area contributed by atoms with E-state index < -0.39 is 0 Å². The predicted molar refractivity (Wildman–Crippen MR) is 90.4 cm³/mol. The number of fused-ring (bicyclic) bond motifs is 1. The Labute approximate surface area is 136 Å². The molecule has 0 heterocycles. The maximum atomic E-state index is 12.3. The first-order chi connectivity index (χ1) is 10.6. The van der Waals surface area contributed by atoms with Gasteiger partial charge in [-0.15, -0.1) is 0 Å². The highest BCUT2D eigenvalue weighted by molar-refractivity contribution is 6.33. The monoisotopic (exact) mass is 313 g/mol. The van der Waals surface area contributed by atoms with Crippen molar-refractivity contribution in [2.45, 2.75) is 38.6 Å². The summed E-state index contributed by atoms with van der Waals surface area (Å²) in [5.41, 5.74) is 4.57. The molecule has 2 aromatic rings. The summed E-state index contributed by atoms with van der Waals surface area (Å²) < 4.78 is 0. The maximum absolute atomic E-state index is 12.3. The Balaban J connectivity index is 1.76. The molecule has 0 saturated carbocycles. The van der Waals surface area contributed by atoms with Gasteiger partial charge in [-0.05, 0) is 61.4 Å². The molecule has 0 radical (unpaired) electrons. The third kappa shape index (κ3) is 3.17. The Morgan fingerprint density at radius 3 is 2.59 bits per heavy atom. The van der Waals surface area contributed by atoms with Gasteiger partial charge in [-0.3, -0.25) is 4.79 Å². The molecule has 3 heteroatoms. The lowest BCUT2D eigenvalue weighted by atomic mass is 9.89. The second kappa shape index (κ2) is 6.53. The molecule has 3 rings (SSSR count). The van der Waals surface area contributed by atoms with Gasteiger partial charge in [0.25, 0.3) is 5.91 Å². The van der Waals surface area contributed by atoms with Crippen molar-refractivity contribution in [2.75, 3.05) is 0 Å². The van der Waals surface area contributed by atoms with Crippen molar-refractivity contribution in [2.24, 2.45) is 0 Å². The van der Waals surface area contributed by atoms with Gasteiger partial charge in [0.2, 0.25) is 0 Å². The van der Waals surface area contributed by atoms with Crippen LogP contribution in [0.2, 0.25) is 5.02 Å². The molecule has 1 aliphatic rings. The van der Waals surface area contributed by atoms with Crippen LogP contribution in [-0.4, -0.2) is 5.91 Å². The van der Waals surface area contributed by atoms with Crippen molar-refractivity contribution < 1.29 is 4.79 Å². The van der Waals surface area contributed by atoms with E-state index in [1.165, 1.54) is 30.4 Å². The minimum Gasteiger partial charge on any atom is -0.345 e. The molecule has 2 aromatic carbocycles. The van der Waals surface area contributed by atoms with Crippen LogP contribution in [0.3, 0.4) is 0 Å². The van der Waals surface area contributed by atoms with E-state index >= 15 is 0 Å². The molecule has 0 aromatic heterocycles. The number of amides is 1. The normalized spacial score (nSPS) is 15.0. The van der Waals surface area contributed by atoms with Crippen molar-refractivity contribution in [3.05, 3.63) is 69.7 Å². The molecule has 114 valence electrons. The average molecular weight is 314 g/mol. The van der Waals surface area contributed by atoms with Crippen molar-refractivity contribution in [1.82, 2.24) is 5.32 Å². The Hall–Kier alpha value is -1.80. The fourth-order valence-corrected chi connectivity index (χ4v) is 3.25. The van der Waals surface area contributed by atoms with Crippen LogP contribution in [0.15, 0.2) is 42.5 Å². The molecule has 1 N–H and O–H groups in total. The molecule has 1 aliphatic carbocycles. The molecule has 0 saturated heterocycles. The van der Waals surface area contributed by atoms with E-state index in [0.717, 1.165) is 12.0 Å². The number of nitrogens with one attached hydrogen (secondary N) is 1. The maximum Gasteiger partial charge on any atom is 0.253 e. The first kappa shape index (κ1) is 15.1. The summed E-state index contributed by atoms with van der Waals surface area (Å²) in [5.74, 6) is -0.129. The van der Waals surface area contributed by atoms with Crippen molar-refractivity contribution >= 4 is 17.5 Å². The molecule has 0 aliphatic heterocycles. The summed E-state index contributed by atoms with van der Waals surface area (Å²) in [7, 11) is 0. The van der Waals surface area contributed by atoms with Crippen LogP contribution in [0, 0.1) is 0 Å². The van der Waals surface area contributed by atoms with E-state index in [9.17, 15) is 4.79 Å². The number of carbonyl (C=O) groups is 1. The topological polar surface area (TPSA) is 29.1 Å². The van der Waals surface area contributed by atoms with Crippen molar-refractivity contribution in [3.63, 3.8) is 0 Å². The molecule has 0 unspecified atom stereocenters. The van der Waals surface area contributed by atoms with Gasteiger partial charge in [-0.1, -0.05) is 41.9 Å². The Morgan fingerprint density at radius 2 is 1.82 bits per heavy atom. The summed E-state index contributed by atoms with van der Waals surface area (Å²) in [6.07, 6.45) is 4.87. The number of benzene rings is 2. The second-order valence-electron chi connectivity index (χ2n) is 5.91. The SMILES string of the molecule is C[C@@H](NC(=O)c1ccccc1Cl)c1ccc2c(c1)CCCC2. The lowest BCUT2D eigenvalue weighted by Gasteiger charge is -2.20. The second-order valence-corrected chi connectivity index (χ2v) is 6.32. The summed E-state index contributed by atoms with van der Waals surface area (Å²) in [6.45, 7) is 2.01. The van der Waals surface area contributed by atoms with Crippen molar-refractivity contribution in [3.8, 4) is 0 Å². The number of aryl methyl sites for hydroxylation is 2. The highest BCUT2D eigenvalue weighted by atomic mass is 35.5. The fourth-order valence-electron chi connectivity index (χ4n) is 3.03. The van der Waals surface area contributed by atoms with E-state index in [2.05, 4.69) is 23.5 Å². The summed E-state index contributed by atoms with van der Waals surface area (Å²) >= 11 is 6.08. The standard InChI is InChI=1S/C19H20ClNO/c1-13(21-19(22)17-8-4-5-9-18(17)20)15-11-10-14-6-2-3-7-16(14)12-15/h4-5,8-13H,2-3,6-7H2,1H3,(H,21,22)/t13-/m1/s1. The molecule has 1 amide bonds. The van der Waals surface area contributed by atoms with Gasteiger partial charge in [0.1, 0.15) is 0 Å². The Kier molecular flexibility index (Phi) is 4.49. The third-order valence-corrected chi connectivity index (χ3v) is 4.67. The molecule has 1 atom stereocenters. The predicted octanol–water partition coefficient (Wildman–Crippen LogP) is 4.71. The van der Waals surface area contributed by atoms with Crippen LogP contribution in [-0.2, 0) is 12.8 Å². The number of hydrogen-bond donors (Lipinski definition) is 1. The summed E-state index contributed by atoms with van der Waals surface area (Å²) in [6, 6.07) is 13.7. The van der Waals surface area contributed by atoms with E-state index in [4.69, 9.17) is 11.6 Å². The number of rotatable bonds is 3. The van der Waals surface area contributed by atoms with Crippen LogP contribution in [0.1, 0.15) is 52.9 Å². The minimum absolute atomic E-state index is 0.0315. The highest BCUT2D eigenvalue weighted by Crippen LogP contribution is 2.25. The molecule has 0 bridgehead atoms. The van der Waals surface area contributed by atoms with Gasteiger partial charge in [0.05, 0.1) is 16.6 Å². The summed E-state index contributed by atoms with van der Waals surface area (Å²) in [4.78, 5) is 12.3. The van der Waals surface area contributed by atoms with E-state index in [0.29, 0.717) is 10.6 Å². The first-order valence-corrected chi connectivity index (χ1v) is 8.20. The fraction of sp³-hybridized carbons (Fsp3) is 0.316. The first-order valence-electron chi connectivity index (χ1n) is 7.82. The number of hydrogen-bond acceptors (Lipinski definition) is 1. The van der Waals surface area contributed by atoms with Crippen LogP contribution < -0.4 is 5.32 Å². The molecule has 0 spiro atoms. The van der Waals surface area contributed by atoms with E-state index in [-0.39, 0.29) is 11.9 Å². The van der Waals surface area contributed by atoms with Gasteiger partial charge in [0, 0.05) is 0 Å². The van der Waals surface area contributed by atoms with E-state index in [1.54, 1.807) is 12.1 Å². The lowest BCUT2D eigenvalue weighted by molar-refractivity contribution is 0.0940. The minimum atomic E-state index is -0.129. The molecular weight excluding hydrogens is 294 g/mol. The van der Waals surface area contributed by atoms with Crippen LogP contribution in [0.5, 0.6) is 0 Å². The molecule has 0 fully saturated rings. The van der Waals surface area contributed by atoms with Gasteiger partial charge in [-0.2, -0.15) is 0 Å². The third-order valence-electron chi connectivity index (χ3n) is 4.34. The van der Waals surface area contributed by atoms with Crippen LogP contribution in [0.4, 0.5) is 0 Å².